The number of nitrogens with zero attached hydrogens (tertiary/aromatic N) is 1. The predicted octanol–water partition coefficient (Wildman–Crippen LogP) is 4.07. The molecule has 1 aromatic heterocycles. The molecule has 2 saturated carbocycles. The molecule has 1 aromatic carbocycles. The van der Waals surface area contributed by atoms with Gasteiger partial charge in [-0.15, -0.1) is 0 Å². The summed E-state index contributed by atoms with van der Waals surface area (Å²) in [5, 5.41) is 2.87. The van der Waals surface area contributed by atoms with Gasteiger partial charge in [-0.25, -0.2) is 13.4 Å². The second-order valence-electron chi connectivity index (χ2n) is 11.6. The van der Waals surface area contributed by atoms with Crippen LogP contribution in [-0.4, -0.2) is 61.6 Å². The van der Waals surface area contributed by atoms with Gasteiger partial charge in [0, 0.05) is 37.6 Å². The molecule has 41 heavy (non-hydrogen) atoms. The topological polar surface area (TPSA) is 134 Å². The summed E-state index contributed by atoms with van der Waals surface area (Å²) < 4.78 is 60.3. The Morgan fingerprint density at radius 1 is 0.780 bits per heavy atom. The maximum absolute atomic E-state index is 13.7. The zero-order valence-corrected chi connectivity index (χ0v) is 23.5. The molecule has 2 aromatic rings. The van der Waals surface area contributed by atoms with Crippen LogP contribution in [0.4, 0.5) is 11.5 Å². The molecule has 220 valence electrons. The minimum atomic E-state index is -3.85. The molecule has 2 N–H and O–H groups in total. The highest BCUT2D eigenvalue weighted by atomic mass is 32.2. The fourth-order valence-electron chi connectivity index (χ4n) is 6.72. The molecule has 3 aliphatic heterocycles. The molecule has 0 unspecified atom stereocenters. The molecule has 12 heteroatoms. The summed E-state index contributed by atoms with van der Waals surface area (Å²) in [6, 6.07) is 10.9. The van der Waals surface area contributed by atoms with Crippen molar-refractivity contribution in [3.63, 3.8) is 0 Å². The average Bonchev–Trinajstić information content (AvgIpc) is 3.51. The summed E-state index contributed by atoms with van der Waals surface area (Å²) in [4.78, 5) is 17.7. The van der Waals surface area contributed by atoms with Gasteiger partial charge < -0.3 is 29.0 Å². The van der Waals surface area contributed by atoms with Gasteiger partial charge >= 0.3 is 0 Å². The van der Waals surface area contributed by atoms with Crippen LogP contribution in [0.1, 0.15) is 64.2 Å². The van der Waals surface area contributed by atoms with Gasteiger partial charge in [0.1, 0.15) is 24.1 Å². The lowest BCUT2D eigenvalue weighted by Crippen LogP contribution is -2.58. The van der Waals surface area contributed by atoms with Crippen molar-refractivity contribution >= 4 is 27.4 Å². The summed E-state index contributed by atoms with van der Waals surface area (Å²) in [6.07, 6.45) is 7.56. The van der Waals surface area contributed by atoms with E-state index in [0.717, 1.165) is 64.2 Å². The largest absolute Gasteiger partial charge is 0.341 e. The molecule has 5 atom stereocenters. The van der Waals surface area contributed by atoms with E-state index in [1.165, 1.54) is 30.5 Å². The first-order valence-electron chi connectivity index (χ1n) is 14.6. The first-order valence-corrected chi connectivity index (χ1v) is 16.0. The quantitative estimate of drug-likeness (QED) is 0.533. The summed E-state index contributed by atoms with van der Waals surface area (Å²) >= 11 is 0. The Hall–Kier alpha value is -2.61. The van der Waals surface area contributed by atoms with Crippen molar-refractivity contribution in [2.45, 2.75) is 111 Å². The fourth-order valence-corrected chi connectivity index (χ4v) is 7.73. The van der Waals surface area contributed by atoms with E-state index in [2.05, 4.69) is 15.0 Å². The van der Waals surface area contributed by atoms with Crippen molar-refractivity contribution in [3.8, 4) is 0 Å². The third kappa shape index (κ3) is 5.26. The average molecular weight is 586 g/mol. The molecule has 2 spiro atoms. The van der Waals surface area contributed by atoms with Crippen LogP contribution in [0.3, 0.4) is 0 Å². The van der Waals surface area contributed by atoms with Crippen molar-refractivity contribution in [3.05, 3.63) is 48.7 Å². The van der Waals surface area contributed by atoms with Crippen LogP contribution < -0.4 is 10.0 Å². The number of hydrogen-bond acceptors (Lipinski definition) is 9. The monoisotopic (exact) mass is 585 g/mol. The van der Waals surface area contributed by atoms with E-state index in [0.29, 0.717) is 5.69 Å². The maximum atomic E-state index is 13.7. The van der Waals surface area contributed by atoms with E-state index >= 15 is 0 Å². The third-order valence-corrected chi connectivity index (χ3v) is 10.1. The van der Waals surface area contributed by atoms with Gasteiger partial charge in [0.2, 0.25) is 0 Å². The lowest BCUT2D eigenvalue weighted by Gasteiger charge is -2.36. The Labute approximate surface area is 239 Å². The normalized spacial score (nSPS) is 31.9. The van der Waals surface area contributed by atoms with Gasteiger partial charge in [0.25, 0.3) is 15.9 Å². The van der Waals surface area contributed by atoms with Gasteiger partial charge in [-0.05, 0) is 62.1 Å². The number of fused-ring (bicyclic) bond motifs is 3. The Morgan fingerprint density at radius 2 is 1.41 bits per heavy atom. The first kappa shape index (κ1) is 27.2. The second-order valence-corrected chi connectivity index (χ2v) is 13.2. The molecule has 2 aliphatic carbocycles. The van der Waals surface area contributed by atoms with E-state index in [1.807, 2.05) is 0 Å². The van der Waals surface area contributed by atoms with Gasteiger partial charge in [0.15, 0.2) is 24.0 Å². The highest BCUT2D eigenvalue weighted by Gasteiger charge is 2.65. The van der Waals surface area contributed by atoms with Crippen LogP contribution in [0.25, 0.3) is 0 Å². The molecule has 5 aliphatic rings. The van der Waals surface area contributed by atoms with E-state index in [4.69, 9.17) is 23.7 Å². The van der Waals surface area contributed by atoms with Crippen LogP contribution in [0.5, 0.6) is 0 Å². The first-order chi connectivity index (χ1) is 19.8. The second kappa shape index (κ2) is 10.6. The standard InChI is InChI=1S/C29H35N3O8S/c33-26(31-19-10-12-20(13-11-19)41(34,35)32-21-9-3-8-18-30-21)24-22-23(38-28(37-22)14-4-1-5-15-28)25-27(36-24)40-29(39-25)16-6-2-7-17-29/h3,8-13,18,22-25,27H,1-2,4-7,14-17H2,(H,30,32)(H,31,33)/t22-,23-,24+,25+,27+/m0/s1. The number of hydrogen-bond donors (Lipinski definition) is 2. The fraction of sp³-hybridized carbons (Fsp3) is 0.586. The van der Waals surface area contributed by atoms with Crippen molar-refractivity contribution in [2.75, 3.05) is 10.0 Å². The number of ether oxygens (including phenoxy) is 5. The van der Waals surface area contributed by atoms with Crippen LogP contribution in [-0.2, 0) is 38.5 Å². The van der Waals surface area contributed by atoms with Crippen molar-refractivity contribution in [1.82, 2.24) is 4.98 Å². The number of pyridine rings is 1. The molecular formula is C29H35N3O8S. The molecule has 11 nitrogen and oxygen atoms in total. The number of anilines is 2. The van der Waals surface area contributed by atoms with E-state index < -0.39 is 58.2 Å². The van der Waals surface area contributed by atoms with E-state index in [9.17, 15) is 13.2 Å². The summed E-state index contributed by atoms with van der Waals surface area (Å²) in [6.45, 7) is 0. The Morgan fingerprint density at radius 3 is 2.07 bits per heavy atom. The van der Waals surface area contributed by atoms with E-state index in [1.54, 1.807) is 18.2 Å². The molecule has 1 amide bonds. The molecule has 0 bridgehead atoms. The number of rotatable bonds is 5. The number of sulfonamides is 1. The molecule has 4 heterocycles. The molecular weight excluding hydrogens is 550 g/mol. The van der Waals surface area contributed by atoms with Gasteiger partial charge in [-0.3, -0.25) is 9.52 Å². The van der Waals surface area contributed by atoms with Crippen molar-refractivity contribution in [2.24, 2.45) is 0 Å². The number of aromatic nitrogens is 1. The number of amides is 1. The molecule has 5 fully saturated rings. The van der Waals surface area contributed by atoms with Crippen LogP contribution >= 0.6 is 0 Å². The summed E-state index contributed by atoms with van der Waals surface area (Å²) in [7, 11) is -3.85. The van der Waals surface area contributed by atoms with E-state index in [-0.39, 0.29) is 10.7 Å². The zero-order valence-electron chi connectivity index (χ0n) is 22.7. The van der Waals surface area contributed by atoms with Gasteiger partial charge in [-0.2, -0.15) is 0 Å². The number of benzene rings is 1. The SMILES string of the molecule is O=C(Nc1ccc(S(=O)(=O)Nc2ccccn2)cc1)[C@@H]1O[C@@H]2OC3(CCCCC3)O[C@@H]2[C@H]2OC3(CCCCC3)O[C@@H]21. The predicted molar refractivity (Wildman–Crippen MR) is 146 cm³/mol. The number of carbonyl (C=O) groups excluding carboxylic acids is 1. The third-order valence-electron chi connectivity index (χ3n) is 8.70. The summed E-state index contributed by atoms with van der Waals surface area (Å²) in [5.74, 6) is -1.65. The zero-order chi connectivity index (χ0) is 28.1. The van der Waals surface area contributed by atoms with Gasteiger partial charge in [-0.1, -0.05) is 18.9 Å². The molecule has 7 rings (SSSR count). The highest BCUT2D eigenvalue weighted by Crippen LogP contribution is 2.51. The smallest absolute Gasteiger partial charge is 0.263 e. The highest BCUT2D eigenvalue weighted by molar-refractivity contribution is 7.92. The minimum Gasteiger partial charge on any atom is -0.341 e. The van der Waals surface area contributed by atoms with Crippen LogP contribution in [0.15, 0.2) is 53.6 Å². The van der Waals surface area contributed by atoms with Crippen LogP contribution in [0.2, 0.25) is 0 Å². The molecule has 0 radical (unpaired) electrons. The Balaban J connectivity index is 1.09. The lowest BCUT2D eigenvalue weighted by atomic mass is 9.94. The maximum Gasteiger partial charge on any atom is 0.263 e. The minimum absolute atomic E-state index is 0.0408. The Bertz CT molecular complexity index is 1360. The number of nitrogens with one attached hydrogen (secondary N) is 2. The van der Waals surface area contributed by atoms with Crippen molar-refractivity contribution < 1.29 is 36.9 Å². The summed E-state index contributed by atoms with van der Waals surface area (Å²) in [5.41, 5.74) is 0.424. The Kier molecular flexibility index (Phi) is 7.03. The van der Waals surface area contributed by atoms with Crippen molar-refractivity contribution in [1.29, 1.82) is 0 Å². The number of carbonyl (C=O) groups is 1. The van der Waals surface area contributed by atoms with Crippen LogP contribution in [0, 0.1) is 0 Å². The van der Waals surface area contributed by atoms with Gasteiger partial charge in [0.05, 0.1) is 4.90 Å². The lowest BCUT2D eigenvalue weighted by molar-refractivity contribution is -0.246. The molecule has 3 saturated heterocycles.